The Bertz CT molecular complexity index is 1600. The second kappa shape index (κ2) is 9.09. The van der Waals surface area contributed by atoms with Crippen LogP contribution in [0, 0.1) is 19.7 Å². The number of nitrogens with zero attached hydrogens (tertiary/aromatic N) is 4. The number of aryl methyl sites for hydroxylation is 2. The van der Waals surface area contributed by atoms with Gasteiger partial charge in [-0.25, -0.2) is 13.9 Å². The fourth-order valence-corrected chi connectivity index (χ4v) is 5.10. The van der Waals surface area contributed by atoms with Crippen LogP contribution in [0.25, 0.3) is 11.5 Å². The first-order valence-electron chi connectivity index (χ1n) is 12.2. The number of rotatable bonds is 3. The maximum atomic E-state index is 13.9. The third kappa shape index (κ3) is 4.08. The number of hydrogen-bond donors (Lipinski definition) is 1. The molecule has 1 aliphatic heterocycles. The monoisotopic (exact) mass is 491 g/mol. The number of urea groups is 1. The lowest BCUT2D eigenvalue weighted by atomic mass is 10.00. The van der Waals surface area contributed by atoms with Crippen LogP contribution >= 0.6 is 0 Å². The van der Waals surface area contributed by atoms with Crippen LogP contribution in [0.2, 0.25) is 0 Å². The molecular formula is C30H26FN5O. The zero-order chi connectivity index (χ0) is 25.5. The van der Waals surface area contributed by atoms with E-state index in [1.807, 2.05) is 85.4 Å². The molecule has 6 rings (SSSR count). The van der Waals surface area contributed by atoms with Gasteiger partial charge in [0.2, 0.25) is 0 Å². The molecule has 0 bridgehead atoms. The van der Waals surface area contributed by atoms with Crippen molar-refractivity contribution >= 4 is 11.7 Å². The van der Waals surface area contributed by atoms with E-state index in [-0.39, 0.29) is 12.1 Å². The van der Waals surface area contributed by atoms with Crippen LogP contribution in [0.15, 0.2) is 97.2 Å². The molecule has 0 saturated carbocycles. The predicted octanol–water partition coefficient (Wildman–Crippen LogP) is 6.56. The Morgan fingerprint density at radius 2 is 1.76 bits per heavy atom. The Labute approximate surface area is 214 Å². The van der Waals surface area contributed by atoms with Gasteiger partial charge in [0.1, 0.15) is 11.6 Å². The maximum Gasteiger partial charge on any atom is 0.322 e. The number of carbonyl (C=O) groups is 1. The second-order valence-electron chi connectivity index (χ2n) is 9.32. The zero-order valence-electron chi connectivity index (χ0n) is 20.6. The standard InChI is InChI=1S/C30H26FN5O/c1-20-9-6-10-22(17-20)28-27-15-8-16-34(27)29-26(21(2)33-36(29)25-13-4-3-5-14-25)19-35(28)30(37)32-24-12-7-11-23(31)18-24/h3-18,28H,19H2,1-2H3,(H,32,37)/t28-/m1/s1. The quantitative estimate of drug-likeness (QED) is 0.311. The highest BCUT2D eigenvalue weighted by Crippen LogP contribution is 2.39. The summed E-state index contributed by atoms with van der Waals surface area (Å²) in [5.74, 6) is 0.502. The lowest BCUT2D eigenvalue weighted by Gasteiger charge is -2.31. The zero-order valence-corrected chi connectivity index (χ0v) is 20.6. The SMILES string of the molecule is Cc1cccc([C@@H]2c3cccn3-c3c(c(C)nn3-c3ccccc3)CN2C(=O)Nc2cccc(F)c2)c1. The van der Waals surface area contributed by atoms with Crippen molar-refractivity contribution in [3.05, 3.63) is 131 Å². The average Bonchev–Trinajstić information content (AvgIpc) is 3.45. The third-order valence-electron chi connectivity index (χ3n) is 6.78. The summed E-state index contributed by atoms with van der Waals surface area (Å²) in [5, 5.41) is 7.79. The molecule has 0 fully saturated rings. The number of anilines is 1. The number of hydrogen-bond acceptors (Lipinski definition) is 2. The normalized spacial score (nSPS) is 14.6. The molecule has 7 heteroatoms. The molecule has 1 aliphatic rings. The van der Waals surface area contributed by atoms with Gasteiger partial charge >= 0.3 is 6.03 Å². The molecular weight excluding hydrogens is 465 g/mol. The Balaban J connectivity index is 1.54. The summed E-state index contributed by atoms with van der Waals surface area (Å²) >= 11 is 0. The van der Waals surface area contributed by atoms with Crippen LogP contribution in [0.1, 0.15) is 34.1 Å². The largest absolute Gasteiger partial charge is 0.322 e. The van der Waals surface area contributed by atoms with Crippen molar-refractivity contribution in [3.63, 3.8) is 0 Å². The smallest absolute Gasteiger partial charge is 0.308 e. The molecule has 5 aromatic rings. The van der Waals surface area contributed by atoms with Gasteiger partial charge in [-0.05, 0) is 61.9 Å². The maximum absolute atomic E-state index is 13.9. The van der Waals surface area contributed by atoms with Crippen LogP contribution in [0.4, 0.5) is 14.9 Å². The van der Waals surface area contributed by atoms with Crippen molar-refractivity contribution in [2.45, 2.75) is 26.4 Å². The van der Waals surface area contributed by atoms with E-state index < -0.39 is 5.82 Å². The number of benzene rings is 3. The Morgan fingerprint density at radius 1 is 0.946 bits per heavy atom. The summed E-state index contributed by atoms with van der Waals surface area (Å²) in [5.41, 5.74) is 6.18. The van der Waals surface area contributed by atoms with Crippen LogP contribution in [-0.2, 0) is 6.54 Å². The van der Waals surface area contributed by atoms with Crippen molar-refractivity contribution in [1.29, 1.82) is 0 Å². The molecule has 0 saturated heterocycles. The van der Waals surface area contributed by atoms with Crippen molar-refractivity contribution in [2.24, 2.45) is 0 Å². The van der Waals surface area contributed by atoms with Gasteiger partial charge in [-0.2, -0.15) is 5.10 Å². The summed E-state index contributed by atoms with van der Waals surface area (Å²) in [6.07, 6.45) is 2.02. The Kier molecular flexibility index (Phi) is 5.60. The van der Waals surface area contributed by atoms with Gasteiger partial charge in [0.05, 0.1) is 29.7 Å². The molecule has 0 unspecified atom stereocenters. The lowest BCUT2D eigenvalue weighted by Crippen LogP contribution is -2.38. The number of fused-ring (bicyclic) bond motifs is 3. The molecule has 3 heterocycles. The highest BCUT2D eigenvalue weighted by Gasteiger charge is 2.36. The molecule has 2 aromatic heterocycles. The summed E-state index contributed by atoms with van der Waals surface area (Å²) in [6.45, 7) is 4.34. The number of aromatic nitrogens is 3. The van der Waals surface area contributed by atoms with E-state index in [9.17, 15) is 9.18 Å². The lowest BCUT2D eigenvalue weighted by molar-refractivity contribution is 0.194. The average molecular weight is 492 g/mol. The van der Waals surface area contributed by atoms with E-state index in [4.69, 9.17) is 5.10 Å². The summed E-state index contributed by atoms with van der Waals surface area (Å²) in [7, 11) is 0. The first-order chi connectivity index (χ1) is 18.0. The third-order valence-corrected chi connectivity index (χ3v) is 6.78. The molecule has 0 radical (unpaired) electrons. The van der Waals surface area contributed by atoms with Gasteiger partial charge in [-0.3, -0.25) is 0 Å². The van der Waals surface area contributed by atoms with Crippen LogP contribution < -0.4 is 5.32 Å². The van der Waals surface area contributed by atoms with E-state index in [0.717, 1.165) is 39.6 Å². The molecule has 6 nitrogen and oxygen atoms in total. The van der Waals surface area contributed by atoms with Crippen molar-refractivity contribution in [3.8, 4) is 11.5 Å². The molecule has 184 valence electrons. The topological polar surface area (TPSA) is 55.1 Å². The first-order valence-corrected chi connectivity index (χ1v) is 12.2. The number of nitrogens with one attached hydrogen (secondary N) is 1. The highest BCUT2D eigenvalue weighted by molar-refractivity contribution is 5.90. The molecule has 0 spiro atoms. The minimum atomic E-state index is -0.403. The van der Waals surface area contributed by atoms with Gasteiger partial charge in [0, 0.05) is 17.4 Å². The van der Waals surface area contributed by atoms with Crippen LogP contribution in [0.5, 0.6) is 0 Å². The molecule has 37 heavy (non-hydrogen) atoms. The summed E-state index contributed by atoms with van der Waals surface area (Å²) < 4.78 is 18.0. The van der Waals surface area contributed by atoms with Crippen LogP contribution in [-0.4, -0.2) is 25.3 Å². The Hall–Kier alpha value is -4.65. The fourth-order valence-electron chi connectivity index (χ4n) is 5.10. The molecule has 1 N–H and O–H groups in total. The highest BCUT2D eigenvalue weighted by atomic mass is 19.1. The number of amides is 2. The molecule has 0 aliphatic carbocycles. The van der Waals surface area contributed by atoms with Crippen molar-refractivity contribution in [1.82, 2.24) is 19.2 Å². The Morgan fingerprint density at radius 3 is 2.54 bits per heavy atom. The van der Waals surface area contributed by atoms with E-state index >= 15 is 0 Å². The fraction of sp³-hybridized carbons (Fsp3) is 0.133. The first kappa shape index (κ1) is 22.8. The molecule has 3 aromatic carbocycles. The minimum Gasteiger partial charge on any atom is -0.308 e. The summed E-state index contributed by atoms with van der Waals surface area (Å²) in [4.78, 5) is 15.7. The van der Waals surface area contributed by atoms with Crippen molar-refractivity contribution in [2.75, 3.05) is 5.32 Å². The van der Waals surface area contributed by atoms with Gasteiger partial charge in [-0.1, -0.05) is 54.1 Å². The predicted molar refractivity (Wildman–Crippen MR) is 142 cm³/mol. The van der Waals surface area contributed by atoms with Gasteiger partial charge in [-0.15, -0.1) is 0 Å². The minimum absolute atomic E-state index is 0.315. The van der Waals surface area contributed by atoms with E-state index in [1.165, 1.54) is 12.1 Å². The summed E-state index contributed by atoms with van der Waals surface area (Å²) in [6, 6.07) is 27.5. The van der Waals surface area contributed by atoms with Gasteiger partial charge in [0.25, 0.3) is 0 Å². The molecule has 2 amide bonds. The van der Waals surface area contributed by atoms with Crippen molar-refractivity contribution < 1.29 is 9.18 Å². The van der Waals surface area contributed by atoms with Gasteiger partial charge in [0.15, 0.2) is 0 Å². The van der Waals surface area contributed by atoms with Gasteiger partial charge < -0.3 is 14.8 Å². The number of carbonyl (C=O) groups excluding carboxylic acids is 1. The van der Waals surface area contributed by atoms with E-state index in [2.05, 4.69) is 16.0 Å². The van der Waals surface area contributed by atoms with Crippen LogP contribution in [0.3, 0.4) is 0 Å². The number of para-hydroxylation sites is 1. The number of halogens is 1. The second-order valence-corrected chi connectivity index (χ2v) is 9.32. The molecule has 1 atom stereocenters. The van der Waals surface area contributed by atoms with E-state index in [0.29, 0.717) is 12.2 Å². The van der Waals surface area contributed by atoms with E-state index in [1.54, 1.807) is 17.0 Å².